The van der Waals surface area contributed by atoms with Crippen molar-refractivity contribution >= 4 is 18.3 Å². The van der Waals surface area contributed by atoms with Gasteiger partial charge >= 0.3 is 6.09 Å². The lowest BCUT2D eigenvalue weighted by atomic mass is 10.1. The molecule has 2 amide bonds. The highest BCUT2D eigenvalue weighted by atomic mass is 16.5. The average molecular weight is 306 g/mol. The standard InChI is InChI=1S/C16H22N2O4/c1-3-10-18(11-12-19)15(20)14(17-16(21)22-4-2)13-8-6-5-7-9-13/h5-9,12,14H,3-4,10-11H2,1-2H3,(H,17,21). The molecule has 6 heteroatoms. The fourth-order valence-corrected chi connectivity index (χ4v) is 2.06. The van der Waals surface area contributed by atoms with Gasteiger partial charge in [-0.05, 0) is 18.9 Å². The largest absolute Gasteiger partial charge is 0.450 e. The highest BCUT2D eigenvalue weighted by molar-refractivity contribution is 5.88. The SMILES string of the molecule is CCCN(CC=O)C(=O)C(NC(=O)OCC)c1ccccc1. The highest BCUT2D eigenvalue weighted by Gasteiger charge is 2.27. The van der Waals surface area contributed by atoms with E-state index in [1.54, 1.807) is 31.2 Å². The van der Waals surface area contributed by atoms with Gasteiger partial charge in [-0.15, -0.1) is 0 Å². The van der Waals surface area contributed by atoms with Crippen molar-refractivity contribution < 1.29 is 19.1 Å². The van der Waals surface area contributed by atoms with Crippen molar-refractivity contribution in [1.82, 2.24) is 10.2 Å². The van der Waals surface area contributed by atoms with E-state index in [0.29, 0.717) is 18.4 Å². The van der Waals surface area contributed by atoms with Crippen LogP contribution in [0.3, 0.4) is 0 Å². The van der Waals surface area contributed by atoms with Gasteiger partial charge in [-0.3, -0.25) is 4.79 Å². The van der Waals surface area contributed by atoms with E-state index >= 15 is 0 Å². The van der Waals surface area contributed by atoms with Gasteiger partial charge in [0.25, 0.3) is 0 Å². The quantitative estimate of drug-likeness (QED) is 0.744. The zero-order valence-corrected chi connectivity index (χ0v) is 13.0. The van der Waals surface area contributed by atoms with Crippen molar-refractivity contribution in [3.8, 4) is 0 Å². The topological polar surface area (TPSA) is 75.7 Å². The molecule has 0 radical (unpaired) electrons. The van der Waals surface area contributed by atoms with Gasteiger partial charge in [-0.2, -0.15) is 0 Å². The number of carbonyl (C=O) groups excluding carboxylic acids is 3. The summed E-state index contributed by atoms with van der Waals surface area (Å²) >= 11 is 0. The molecule has 1 N–H and O–H groups in total. The molecule has 1 aromatic carbocycles. The van der Waals surface area contributed by atoms with Crippen LogP contribution >= 0.6 is 0 Å². The predicted octanol–water partition coefficient (Wildman–Crippen LogP) is 1.91. The van der Waals surface area contributed by atoms with Crippen LogP contribution in [0, 0.1) is 0 Å². The molecule has 1 atom stereocenters. The van der Waals surface area contributed by atoms with E-state index in [1.165, 1.54) is 4.90 Å². The lowest BCUT2D eigenvalue weighted by molar-refractivity contribution is -0.135. The van der Waals surface area contributed by atoms with E-state index in [4.69, 9.17) is 4.74 Å². The summed E-state index contributed by atoms with van der Waals surface area (Å²) in [5, 5.41) is 2.56. The number of nitrogens with one attached hydrogen (secondary N) is 1. The Morgan fingerprint density at radius 3 is 2.50 bits per heavy atom. The molecule has 22 heavy (non-hydrogen) atoms. The molecular weight excluding hydrogens is 284 g/mol. The second-order valence-corrected chi connectivity index (χ2v) is 4.66. The number of alkyl carbamates (subject to hydrolysis) is 1. The van der Waals surface area contributed by atoms with Crippen molar-refractivity contribution in [1.29, 1.82) is 0 Å². The van der Waals surface area contributed by atoms with Gasteiger partial charge in [-0.25, -0.2) is 4.79 Å². The summed E-state index contributed by atoms with van der Waals surface area (Å²) in [4.78, 5) is 36.6. The molecule has 120 valence electrons. The molecule has 0 heterocycles. The Labute approximate surface area is 130 Å². The Morgan fingerprint density at radius 2 is 1.95 bits per heavy atom. The lowest BCUT2D eigenvalue weighted by Gasteiger charge is -2.26. The summed E-state index contributed by atoms with van der Waals surface area (Å²) in [5.74, 6) is -0.326. The van der Waals surface area contributed by atoms with Gasteiger partial charge in [0.2, 0.25) is 5.91 Å². The molecule has 0 fully saturated rings. The van der Waals surface area contributed by atoms with Crippen LogP contribution in [-0.4, -0.2) is 42.9 Å². The van der Waals surface area contributed by atoms with Gasteiger partial charge in [0.15, 0.2) is 0 Å². The first-order chi connectivity index (χ1) is 10.6. The molecule has 0 saturated carbocycles. The molecule has 0 aliphatic carbocycles. The minimum Gasteiger partial charge on any atom is -0.450 e. The van der Waals surface area contributed by atoms with E-state index in [1.807, 2.05) is 13.0 Å². The summed E-state index contributed by atoms with van der Waals surface area (Å²) in [6.45, 7) is 4.27. The number of carbonyl (C=O) groups is 3. The van der Waals surface area contributed by atoms with Crippen LogP contribution in [0.2, 0.25) is 0 Å². The van der Waals surface area contributed by atoms with Crippen LogP contribution in [-0.2, 0) is 14.3 Å². The Balaban J connectivity index is 2.99. The number of amides is 2. The van der Waals surface area contributed by atoms with Crippen molar-refractivity contribution in [3.63, 3.8) is 0 Å². The second kappa shape index (κ2) is 9.55. The molecule has 1 aromatic rings. The van der Waals surface area contributed by atoms with Crippen LogP contribution < -0.4 is 5.32 Å². The normalized spacial score (nSPS) is 11.4. The third-order valence-electron chi connectivity index (χ3n) is 3.02. The monoisotopic (exact) mass is 306 g/mol. The Bertz CT molecular complexity index is 490. The molecule has 0 aliphatic heterocycles. The zero-order valence-electron chi connectivity index (χ0n) is 13.0. The van der Waals surface area contributed by atoms with Crippen LogP contribution in [0.25, 0.3) is 0 Å². The van der Waals surface area contributed by atoms with E-state index in [9.17, 15) is 14.4 Å². The number of hydrogen-bond donors (Lipinski definition) is 1. The lowest BCUT2D eigenvalue weighted by Crippen LogP contribution is -2.44. The number of ether oxygens (including phenoxy) is 1. The Morgan fingerprint density at radius 1 is 1.27 bits per heavy atom. The number of rotatable bonds is 8. The molecule has 0 aromatic heterocycles. The van der Waals surface area contributed by atoms with Crippen molar-refractivity contribution in [3.05, 3.63) is 35.9 Å². The minimum absolute atomic E-state index is 0.000508. The van der Waals surface area contributed by atoms with E-state index in [0.717, 1.165) is 6.42 Å². The van der Waals surface area contributed by atoms with Crippen molar-refractivity contribution in [2.75, 3.05) is 19.7 Å². The van der Waals surface area contributed by atoms with Crippen molar-refractivity contribution in [2.45, 2.75) is 26.3 Å². The van der Waals surface area contributed by atoms with E-state index in [-0.39, 0.29) is 19.1 Å². The van der Waals surface area contributed by atoms with Gasteiger partial charge < -0.3 is 19.7 Å². The summed E-state index contributed by atoms with van der Waals surface area (Å²) in [6, 6.07) is 8.02. The Kier molecular flexibility index (Phi) is 7.67. The van der Waals surface area contributed by atoms with E-state index in [2.05, 4.69) is 5.32 Å². The number of nitrogens with zero attached hydrogens (tertiary/aromatic N) is 1. The maximum absolute atomic E-state index is 12.7. The maximum Gasteiger partial charge on any atom is 0.408 e. The summed E-state index contributed by atoms with van der Waals surface area (Å²) in [5.41, 5.74) is 0.646. The fourth-order valence-electron chi connectivity index (χ4n) is 2.06. The minimum atomic E-state index is -0.869. The van der Waals surface area contributed by atoms with Gasteiger partial charge in [0, 0.05) is 6.54 Å². The average Bonchev–Trinajstić information content (AvgIpc) is 2.53. The first kappa shape index (κ1) is 17.7. The third kappa shape index (κ3) is 5.20. The van der Waals surface area contributed by atoms with Crippen LogP contribution in [0.15, 0.2) is 30.3 Å². The smallest absolute Gasteiger partial charge is 0.408 e. The molecule has 0 saturated heterocycles. The molecule has 0 aliphatic rings. The molecule has 6 nitrogen and oxygen atoms in total. The van der Waals surface area contributed by atoms with Crippen molar-refractivity contribution in [2.24, 2.45) is 0 Å². The number of aldehydes is 1. The van der Waals surface area contributed by atoms with Crippen LogP contribution in [0.5, 0.6) is 0 Å². The third-order valence-corrected chi connectivity index (χ3v) is 3.02. The summed E-state index contributed by atoms with van der Waals surface area (Å²) in [7, 11) is 0. The fraction of sp³-hybridized carbons (Fsp3) is 0.438. The van der Waals surface area contributed by atoms with Crippen LogP contribution in [0.4, 0.5) is 4.79 Å². The van der Waals surface area contributed by atoms with Crippen LogP contribution in [0.1, 0.15) is 31.9 Å². The maximum atomic E-state index is 12.7. The summed E-state index contributed by atoms with van der Waals surface area (Å²) in [6.07, 6.45) is 0.743. The molecular formula is C16H22N2O4. The first-order valence-corrected chi connectivity index (χ1v) is 7.34. The Hall–Kier alpha value is -2.37. The van der Waals surface area contributed by atoms with Gasteiger partial charge in [0.05, 0.1) is 13.2 Å². The number of hydrogen-bond acceptors (Lipinski definition) is 4. The molecule has 1 unspecified atom stereocenters. The zero-order chi connectivity index (χ0) is 16.4. The molecule has 0 bridgehead atoms. The first-order valence-electron chi connectivity index (χ1n) is 7.34. The van der Waals surface area contributed by atoms with Gasteiger partial charge in [-0.1, -0.05) is 37.3 Å². The van der Waals surface area contributed by atoms with E-state index < -0.39 is 12.1 Å². The predicted molar refractivity (Wildman–Crippen MR) is 82.3 cm³/mol. The molecule has 1 rings (SSSR count). The number of benzene rings is 1. The molecule has 0 spiro atoms. The second-order valence-electron chi connectivity index (χ2n) is 4.66. The summed E-state index contributed by atoms with van der Waals surface area (Å²) < 4.78 is 4.85. The highest BCUT2D eigenvalue weighted by Crippen LogP contribution is 2.16. The van der Waals surface area contributed by atoms with Gasteiger partial charge in [0.1, 0.15) is 12.3 Å².